The van der Waals surface area contributed by atoms with Gasteiger partial charge in [-0.3, -0.25) is 4.90 Å². The second-order valence-electron chi connectivity index (χ2n) is 5.58. The molecule has 0 amide bonds. The van der Waals surface area contributed by atoms with Crippen LogP contribution in [0.25, 0.3) is 0 Å². The second-order valence-corrected chi connectivity index (χ2v) is 5.58. The van der Waals surface area contributed by atoms with E-state index in [-0.39, 0.29) is 6.61 Å². The van der Waals surface area contributed by atoms with Crippen molar-refractivity contribution in [3.63, 3.8) is 0 Å². The third-order valence-corrected chi connectivity index (χ3v) is 3.71. The van der Waals surface area contributed by atoms with E-state index in [4.69, 9.17) is 10.8 Å². The standard InChI is InChI=1S/C14H24N4O/c1-14(15,12-19)5-7-17-8-10-18(11-9-17)13-4-2-3-6-16-13/h2-4,6,19H,5,7-12,15H2,1H3. The summed E-state index contributed by atoms with van der Waals surface area (Å²) < 4.78 is 0. The number of rotatable bonds is 5. The first-order valence-corrected chi connectivity index (χ1v) is 6.89. The minimum absolute atomic E-state index is 0.0426. The zero-order chi connectivity index (χ0) is 13.7. The Morgan fingerprint density at radius 2 is 2.05 bits per heavy atom. The van der Waals surface area contributed by atoms with E-state index in [1.165, 1.54) is 0 Å². The summed E-state index contributed by atoms with van der Waals surface area (Å²) >= 11 is 0. The molecule has 2 heterocycles. The van der Waals surface area contributed by atoms with Gasteiger partial charge in [0.15, 0.2) is 0 Å². The molecule has 1 aliphatic heterocycles. The van der Waals surface area contributed by atoms with Crippen LogP contribution in [0.3, 0.4) is 0 Å². The molecule has 106 valence electrons. The van der Waals surface area contributed by atoms with Gasteiger partial charge in [-0.2, -0.15) is 0 Å². The molecule has 19 heavy (non-hydrogen) atoms. The average Bonchev–Trinajstić information content (AvgIpc) is 2.47. The van der Waals surface area contributed by atoms with Gasteiger partial charge in [-0.15, -0.1) is 0 Å². The van der Waals surface area contributed by atoms with Crippen LogP contribution in [-0.4, -0.2) is 59.9 Å². The Morgan fingerprint density at radius 1 is 1.32 bits per heavy atom. The number of anilines is 1. The van der Waals surface area contributed by atoms with Crippen molar-refractivity contribution in [2.45, 2.75) is 18.9 Å². The zero-order valence-electron chi connectivity index (χ0n) is 11.6. The molecule has 3 N–H and O–H groups in total. The summed E-state index contributed by atoms with van der Waals surface area (Å²) in [5, 5.41) is 9.15. The van der Waals surface area contributed by atoms with Gasteiger partial charge in [0, 0.05) is 44.5 Å². The Kier molecular flexibility index (Phi) is 4.74. The second kappa shape index (κ2) is 6.32. The lowest BCUT2D eigenvalue weighted by Crippen LogP contribution is -2.49. The maximum atomic E-state index is 9.15. The van der Waals surface area contributed by atoms with Crippen LogP contribution >= 0.6 is 0 Å². The molecule has 1 aliphatic rings. The molecule has 0 radical (unpaired) electrons. The van der Waals surface area contributed by atoms with Crippen molar-refractivity contribution < 1.29 is 5.11 Å². The SMILES string of the molecule is CC(N)(CO)CCN1CCN(c2ccccn2)CC1. The third kappa shape index (κ3) is 4.16. The first-order valence-electron chi connectivity index (χ1n) is 6.89. The number of aliphatic hydroxyl groups is 1. The highest BCUT2D eigenvalue weighted by molar-refractivity contribution is 5.38. The molecule has 1 unspecified atom stereocenters. The predicted octanol–water partition coefficient (Wildman–Crippen LogP) is 0.303. The van der Waals surface area contributed by atoms with Crippen molar-refractivity contribution in [1.82, 2.24) is 9.88 Å². The van der Waals surface area contributed by atoms with E-state index in [1.54, 1.807) is 0 Å². The molecule has 0 saturated carbocycles. The summed E-state index contributed by atoms with van der Waals surface area (Å²) in [6.45, 7) is 6.94. The van der Waals surface area contributed by atoms with E-state index in [1.807, 2.05) is 25.3 Å². The van der Waals surface area contributed by atoms with Gasteiger partial charge >= 0.3 is 0 Å². The molecule has 1 aromatic heterocycles. The number of aliphatic hydroxyl groups excluding tert-OH is 1. The first kappa shape index (κ1) is 14.2. The maximum Gasteiger partial charge on any atom is 0.128 e. The van der Waals surface area contributed by atoms with E-state index >= 15 is 0 Å². The van der Waals surface area contributed by atoms with Crippen molar-refractivity contribution in [1.29, 1.82) is 0 Å². The molecule has 2 rings (SSSR count). The van der Waals surface area contributed by atoms with Crippen molar-refractivity contribution >= 4 is 5.82 Å². The number of aromatic nitrogens is 1. The summed E-state index contributed by atoms with van der Waals surface area (Å²) in [6, 6.07) is 6.02. The Morgan fingerprint density at radius 3 is 2.63 bits per heavy atom. The minimum atomic E-state index is -0.460. The van der Waals surface area contributed by atoms with E-state index in [2.05, 4.69) is 20.9 Å². The topological polar surface area (TPSA) is 65.6 Å². The molecule has 0 bridgehead atoms. The molecule has 5 nitrogen and oxygen atoms in total. The summed E-state index contributed by atoms with van der Waals surface area (Å²) in [6.07, 6.45) is 2.66. The monoisotopic (exact) mass is 264 g/mol. The molecule has 1 aromatic rings. The molecular formula is C14H24N4O. The number of pyridine rings is 1. The minimum Gasteiger partial charge on any atom is -0.394 e. The lowest BCUT2D eigenvalue weighted by Gasteiger charge is -2.36. The lowest BCUT2D eigenvalue weighted by molar-refractivity contribution is 0.171. The predicted molar refractivity (Wildman–Crippen MR) is 77.2 cm³/mol. The van der Waals surface area contributed by atoms with Crippen molar-refractivity contribution in [2.75, 3.05) is 44.2 Å². The molecule has 0 aromatic carbocycles. The Bertz CT molecular complexity index is 374. The van der Waals surface area contributed by atoms with E-state index in [9.17, 15) is 0 Å². The maximum absolute atomic E-state index is 9.15. The van der Waals surface area contributed by atoms with Gasteiger partial charge in [0.05, 0.1) is 6.61 Å². The highest BCUT2D eigenvalue weighted by Gasteiger charge is 2.21. The summed E-state index contributed by atoms with van der Waals surface area (Å²) in [4.78, 5) is 9.09. The average molecular weight is 264 g/mol. The highest BCUT2D eigenvalue weighted by Crippen LogP contribution is 2.13. The Labute approximate surface area is 115 Å². The first-order chi connectivity index (χ1) is 9.11. The van der Waals surface area contributed by atoms with Crippen LogP contribution in [-0.2, 0) is 0 Å². The van der Waals surface area contributed by atoms with Gasteiger partial charge in [-0.25, -0.2) is 4.98 Å². The van der Waals surface area contributed by atoms with Crippen LogP contribution < -0.4 is 10.6 Å². The summed E-state index contributed by atoms with van der Waals surface area (Å²) in [5.74, 6) is 1.06. The van der Waals surface area contributed by atoms with Crippen molar-refractivity contribution in [2.24, 2.45) is 5.73 Å². The van der Waals surface area contributed by atoms with E-state index < -0.39 is 5.54 Å². The molecule has 5 heteroatoms. The van der Waals surface area contributed by atoms with Crippen LogP contribution in [0.4, 0.5) is 5.82 Å². The largest absolute Gasteiger partial charge is 0.394 e. The van der Waals surface area contributed by atoms with Crippen LogP contribution in [0.15, 0.2) is 24.4 Å². The molecule has 1 atom stereocenters. The molecular weight excluding hydrogens is 240 g/mol. The molecule has 0 spiro atoms. The van der Waals surface area contributed by atoms with Crippen LogP contribution in [0.5, 0.6) is 0 Å². The van der Waals surface area contributed by atoms with E-state index in [0.717, 1.165) is 45.0 Å². The molecule has 1 fully saturated rings. The van der Waals surface area contributed by atoms with Gasteiger partial charge in [-0.1, -0.05) is 6.07 Å². The fraction of sp³-hybridized carbons (Fsp3) is 0.643. The van der Waals surface area contributed by atoms with Crippen molar-refractivity contribution in [3.05, 3.63) is 24.4 Å². The van der Waals surface area contributed by atoms with Crippen LogP contribution in [0.1, 0.15) is 13.3 Å². The van der Waals surface area contributed by atoms with Gasteiger partial charge in [0.25, 0.3) is 0 Å². The van der Waals surface area contributed by atoms with Crippen LogP contribution in [0.2, 0.25) is 0 Å². The highest BCUT2D eigenvalue weighted by atomic mass is 16.3. The fourth-order valence-electron chi connectivity index (χ4n) is 2.23. The molecule has 1 saturated heterocycles. The number of hydrogen-bond donors (Lipinski definition) is 2. The summed E-state index contributed by atoms with van der Waals surface area (Å²) in [7, 11) is 0. The van der Waals surface area contributed by atoms with E-state index in [0.29, 0.717) is 0 Å². The van der Waals surface area contributed by atoms with Gasteiger partial charge < -0.3 is 15.7 Å². The molecule has 0 aliphatic carbocycles. The third-order valence-electron chi connectivity index (χ3n) is 3.71. The van der Waals surface area contributed by atoms with Crippen LogP contribution in [0, 0.1) is 0 Å². The fourth-order valence-corrected chi connectivity index (χ4v) is 2.23. The zero-order valence-corrected chi connectivity index (χ0v) is 11.6. The quantitative estimate of drug-likeness (QED) is 0.801. The number of piperazine rings is 1. The number of nitrogens with two attached hydrogens (primary N) is 1. The van der Waals surface area contributed by atoms with Crippen molar-refractivity contribution in [3.8, 4) is 0 Å². The smallest absolute Gasteiger partial charge is 0.128 e. The van der Waals surface area contributed by atoms with Gasteiger partial charge in [-0.05, 0) is 25.5 Å². The normalized spacial score (nSPS) is 20.3. The number of nitrogens with zero attached hydrogens (tertiary/aromatic N) is 3. The van der Waals surface area contributed by atoms with Gasteiger partial charge in [0.1, 0.15) is 5.82 Å². The van der Waals surface area contributed by atoms with Gasteiger partial charge in [0.2, 0.25) is 0 Å². The number of hydrogen-bond acceptors (Lipinski definition) is 5. The Balaban J connectivity index is 1.77. The Hall–Kier alpha value is -1.17. The lowest BCUT2D eigenvalue weighted by atomic mass is 10.0. The summed E-state index contributed by atoms with van der Waals surface area (Å²) in [5.41, 5.74) is 5.49.